The lowest BCUT2D eigenvalue weighted by Gasteiger charge is -2.39. The molecule has 1 aliphatic rings. The van der Waals surface area contributed by atoms with E-state index in [1.807, 2.05) is 25.1 Å². The number of amides is 1. The molecule has 0 radical (unpaired) electrons. The molecule has 3 N–H and O–H groups in total. The highest BCUT2D eigenvalue weighted by atomic mass is 16.5. The predicted octanol–water partition coefficient (Wildman–Crippen LogP) is 3.04. The number of nitrogens with one attached hydrogen (secondary N) is 1. The van der Waals surface area contributed by atoms with Crippen molar-refractivity contribution in [1.82, 2.24) is 19.9 Å². The number of hydrogen-bond donors (Lipinski definition) is 3. The van der Waals surface area contributed by atoms with E-state index in [0.717, 1.165) is 16.9 Å². The molecule has 10 heteroatoms. The third kappa shape index (κ3) is 5.05. The Labute approximate surface area is 197 Å². The van der Waals surface area contributed by atoms with Gasteiger partial charge in [0.15, 0.2) is 0 Å². The van der Waals surface area contributed by atoms with Crippen LogP contribution in [0.1, 0.15) is 39.2 Å². The maximum Gasteiger partial charge on any atom is 0.405 e. The number of nitriles is 1. The number of fused-ring (bicyclic) bond motifs is 1. The van der Waals surface area contributed by atoms with Crippen LogP contribution in [0.5, 0.6) is 5.75 Å². The molecule has 178 valence electrons. The summed E-state index contributed by atoms with van der Waals surface area (Å²) in [5.74, 6) is 1.32. The first-order valence-corrected chi connectivity index (χ1v) is 11.1. The van der Waals surface area contributed by atoms with E-state index < -0.39 is 17.2 Å². The summed E-state index contributed by atoms with van der Waals surface area (Å²) in [7, 11) is 0. The summed E-state index contributed by atoms with van der Waals surface area (Å²) in [5, 5.41) is 35.5. The fourth-order valence-electron chi connectivity index (χ4n) is 4.08. The number of rotatable bonds is 6. The average Bonchev–Trinajstić information content (AvgIpc) is 3.20. The molecule has 1 aliphatic heterocycles. The van der Waals surface area contributed by atoms with Crippen LogP contribution in [-0.2, 0) is 0 Å². The minimum atomic E-state index is -1.00. The number of anilines is 1. The monoisotopic (exact) mass is 464 g/mol. The van der Waals surface area contributed by atoms with E-state index in [0.29, 0.717) is 42.8 Å². The third-order valence-electron chi connectivity index (χ3n) is 5.96. The van der Waals surface area contributed by atoms with Crippen molar-refractivity contribution >= 4 is 17.4 Å². The summed E-state index contributed by atoms with van der Waals surface area (Å²) in [6.45, 7) is 6.73. The van der Waals surface area contributed by atoms with Gasteiger partial charge in [0, 0.05) is 36.0 Å². The molecule has 0 aliphatic carbocycles. The molecular formula is C24H28N6O4. The number of aliphatic hydroxyl groups is 1. The standard InChI is InChI=1S/C24H28N6O4/c1-23(2,33)15-34-18-10-19(21-17(11-25)13-27-30(21)14-18)16-4-5-20(26-12-16)29-8-6-24(3,7-9-29)28-22(31)32/h4-5,10,12-14,28,33H,6-9,15H2,1-3H3,(H,31,32). The van der Waals surface area contributed by atoms with Gasteiger partial charge in [0.05, 0.1) is 29.1 Å². The SMILES string of the molecule is CC(C)(O)COc1cc(-c2ccc(N3CCC(C)(NC(=O)O)CC3)nc2)c2c(C#N)cnn2c1. The van der Waals surface area contributed by atoms with Gasteiger partial charge in [-0.3, -0.25) is 0 Å². The Morgan fingerprint density at radius 3 is 2.65 bits per heavy atom. The van der Waals surface area contributed by atoms with Crippen molar-refractivity contribution < 1.29 is 19.7 Å². The highest BCUT2D eigenvalue weighted by Gasteiger charge is 2.32. The minimum absolute atomic E-state index is 0.103. The molecule has 3 aromatic rings. The number of carboxylic acid groups (broad SMARTS) is 1. The first-order chi connectivity index (χ1) is 16.1. The molecule has 4 heterocycles. The molecule has 3 aromatic heterocycles. The van der Waals surface area contributed by atoms with Gasteiger partial charge in [-0.15, -0.1) is 0 Å². The number of piperidine rings is 1. The molecule has 1 fully saturated rings. The molecule has 0 atom stereocenters. The number of nitrogens with zero attached hydrogens (tertiary/aromatic N) is 5. The normalized spacial score (nSPS) is 15.7. The fourth-order valence-corrected chi connectivity index (χ4v) is 4.08. The number of pyridine rings is 2. The van der Waals surface area contributed by atoms with Crippen LogP contribution in [0.2, 0.25) is 0 Å². The molecule has 0 unspecified atom stereocenters. The Bertz CT molecular complexity index is 1230. The molecule has 0 spiro atoms. The van der Waals surface area contributed by atoms with Crippen LogP contribution in [0.3, 0.4) is 0 Å². The van der Waals surface area contributed by atoms with Gasteiger partial charge < -0.3 is 25.2 Å². The Balaban J connectivity index is 1.60. The lowest BCUT2D eigenvalue weighted by atomic mass is 9.90. The topological polar surface area (TPSA) is 136 Å². The van der Waals surface area contributed by atoms with Crippen LogP contribution in [0.15, 0.2) is 36.8 Å². The first-order valence-electron chi connectivity index (χ1n) is 11.1. The van der Waals surface area contributed by atoms with Crippen LogP contribution in [0.4, 0.5) is 10.6 Å². The van der Waals surface area contributed by atoms with Crippen LogP contribution in [-0.4, -0.2) is 61.7 Å². The maximum absolute atomic E-state index is 11.0. The second-order valence-electron chi connectivity index (χ2n) is 9.54. The lowest BCUT2D eigenvalue weighted by molar-refractivity contribution is 0.0283. The van der Waals surface area contributed by atoms with Gasteiger partial charge in [-0.25, -0.2) is 14.3 Å². The summed E-state index contributed by atoms with van der Waals surface area (Å²) in [5.41, 5.74) is 1.21. The predicted molar refractivity (Wildman–Crippen MR) is 126 cm³/mol. The van der Waals surface area contributed by atoms with Crippen molar-refractivity contribution in [3.05, 3.63) is 42.4 Å². The van der Waals surface area contributed by atoms with E-state index in [-0.39, 0.29) is 6.61 Å². The second-order valence-corrected chi connectivity index (χ2v) is 9.54. The molecular weight excluding hydrogens is 436 g/mol. The molecule has 0 aromatic carbocycles. The van der Waals surface area contributed by atoms with Gasteiger partial charge in [-0.1, -0.05) is 0 Å². The lowest BCUT2D eigenvalue weighted by Crippen LogP contribution is -2.53. The van der Waals surface area contributed by atoms with E-state index in [4.69, 9.17) is 9.84 Å². The summed E-state index contributed by atoms with van der Waals surface area (Å²) < 4.78 is 7.38. The van der Waals surface area contributed by atoms with Gasteiger partial charge >= 0.3 is 6.09 Å². The van der Waals surface area contributed by atoms with Crippen molar-refractivity contribution in [3.8, 4) is 22.9 Å². The van der Waals surface area contributed by atoms with E-state index >= 15 is 0 Å². The summed E-state index contributed by atoms with van der Waals surface area (Å²) >= 11 is 0. The van der Waals surface area contributed by atoms with E-state index in [2.05, 4.69) is 26.4 Å². The highest BCUT2D eigenvalue weighted by Crippen LogP contribution is 2.32. The minimum Gasteiger partial charge on any atom is -0.489 e. The average molecular weight is 465 g/mol. The van der Waals surface area contributed by atoms with Gasteiger partial charge in [0.2, 0.25) is 0 Å². The third-order valence-corrected chi connectivity index (χ3v) is 5.96. The molecule has 0 bridgehead atoms. The number of hydrogen-bond acceptors (Lipinski definition) is 7. The van der Waals surface area contributed by atoms with Crippen molar-refractivity contribution in [2.45, 2.75) is 44.8 Å². The molecule has 0 saturated carbocycles. The van der Waals surface area contributed by atoms with Crippen LogP contribution in [0, 0.1) is 11.3 Å². The van der Waals surface area contributed by atoms with Gasteiger partial charge in [0.25, 0.3) is 0 Å². The van der Waals surface area contributed by atoms with Crippen molar-refractivity contribution in [2.24, 2.45) is 0 Å². The zero-order chi connectivity index (χ0) is 24.5. The zero-order valence-corrected chi connectivity index (χ0v) is 19.4. The van der Waals surface area contributed by atoms with E-state index in [1.165, 1.54) is 6.20 Å². The smallest absolute Gasteiger partial charge is 0.405 e. The van der Waals surface area contributed by atoms with Gasteiger partial charge in [0.1, 0.15) is 24.2 Å². The van der Waals surface area contributed by atoms with Crippen molar-refractivity contribution in [1.29, 1.82) is 5.26 Å². The largest absolute Gasteiger partial charge is 0.489 e. The Morgan fingerprint density at radius 1 is 1.32 bits per heavy atom. The quantitative estimate of drug-likeness (QED) is 0.506. The molecule has 10 nitrogen and oxygen atoms in total. The van der Waals surface area contributed by atoms with Crippen LogP contribution in [0.25, 0.3) is 16.6 Å². The van der Waals surface area contributed by atoms with Crippen LogP contribution >= 0.6 is 0 Å². The Hall–Kier alpha value is -3.84. The summed E-state index contributed by atoms with van der Waals surface area (Å²) in [6.07, 6.45) is 5.31. The molecule has 34 heavy (non-hydrogen) atoms. The number of ether oxygens (including phenoxy) is 1. The van der Waals surface area contributed by atoms with Gasteiger partial charge in [-0.2, -0.15) is 10.4 Å². The summed E-state index contributed by atoms with van der Waals surface area (Å²) in [4.78, 5) is 17.8. The maximum atomic E-state index is 11.0. The number of aromatic nitrogens is 3. The van der Waals surface area contributed by atoms with E-state index in [9.17, 15) is 15.2 Å². The highest BCUT2D eigenvalue weighted by molar-refractivity contribution is 5.85. The first kappa shape index (κ1) is 23.3. The Kier molecular flexibility index (Phi) is 6.06. The second kappa shape index (κ2) is 8.83. The molecule has 1 amide bonds. The zero-order valence-electron chi connectivity index (χ0n) is 19.4. The Morgan fingerprint density at radius 2 is 2.06 bits per heavy atom. The molecule has 4 rings (SSSR count). The van der Waals surface area contributed by atoms with Crippen molar-refractivity contribution in [2.75, 3.05) is 24.6 Å². The van der Waals surface area contributed by atoms with Gasteiger partial charge in [-0.05, 0) is 51.8 Å². The van der Waals surface area contributed by atoms with Crippen LogP contribution < -0.4 is 15.0 Å². The summed E-state index contributed by atoms with van der Waals surface area (Å²) in [6, 6.07) is 7.87. The van der Waals surface area contributed by atoms with Crippen molar-refractivity contribution in [3.63, 3.8) is 0 Å². The molecule has 1 saturated heterocycles. The van der Waals surface area contributed by atoms with E-state index in [1.54, 1.807) is 30.8 Å². The fraction of sp³-hybridized carbons (Fsp3) is 0.417. The number of carbonyl (C=O) groups is 1.